The molecule has 0 bridgehead atoms. The van der Waals surface area contributed by atoms with Crippen molar-refractivity contribution in [2.75, 3.05) is 9.80 Å². The summed E-state index contributed by atoms with van der Waals surface area (Å²) in [6, 6.07) is 179. The Morgan fingerprint density at radius 3 is 0.837 bits per heavy atom. The Morgan fingerprint density at radius 1 is 0.252 bits per heavy atom. The monoisotopic (exact) mass is 1720 g/mol. The van der Waals surface area contributed by atoms with Gasteiger partial charge in [0, 0.05) is 73.2 Å². The van der Waals surface area contributed by atoms with E-state index in [9.17, 15) is 11.8 Å². The van der Waals surface area contributed by atoms with Crippen molar-refractivity contribution in [2.45, 2.75) is 26.2 Å². The highest BCUT2D eigenvalue weighted by Gasteiger charge is 2.47. The van der Waals surface area contributed by atoms with Crippen molar-refractivity contribution in [3.8, 4) is 174 Å². The number of para-hydroxylation sites is 2. The molecule has 0 atom stereocenters. The number of benzene rings is 19. The summed E-state index contributed by atoms with van der Waals surface area (Å²) in [6.45, 7) is 16.2. The smallest absolute Gasteiger partial charge is 0.252 e. The lowest BCUT2D eigenvalue weighted by Crippen LogP contribution is -2.61. The molecule has 2 aliphatic heterocycles. The second-order valence-corrected chi connectivity index (χ2v) is 35.9. The Bertz CT molecular complexity index is 7500. The van der Waals surface area contributed by atoms with Gasteiger partial charge in [-0.2, -0.15) is 5.26 Å². The summed E-state index contributed by atoms with van der Waals surface area (Å²) >= 11 is 0. The van der Waals surface area contributed by atoms with E-state index < -0.39 is 12.1 Å². The molecule has 0 aliphatic carbocycles. The van der Waals surface area contributed by atoms with Crippen LogP contribution < -0.4 is 26.2 Å². The van der Waals surface area contributed by atoms with Crippen molar-refractivity contribution in [3.05, 3.63) is 508 Å². The number of hydrogen-bond donors (Lipinski definition) is 0. The Morgan fingerprint density at radius 2 is 0.519 bits per heavy atom. The lowest BCUT2D eigenvalue weighted by Gasteiger charge is -2.46. The molecule has 0 saturated heterocycles. The summed E-state index contributed by atoms with van der Waals surface area (Å²) in [5.41, 5.74) is 40.4. The van der Waals surface area contributed by atoms with Crippen molar-refractivity contribution >= 4 is 62.9 Å². The average Bonchev–Trinajstić information content (AvgIpc) is 1.10. The summed E-state index contributed by atoms with van der Waals surface area (Å²) in [6.07, 6.45) is 0. The van der Waals surface area contributed by atoms with Crippen molar-refractivity contribution < 1.29 is 0 Å². The van der Waals surface area contributed by atoms with Crippen LogP contribution in [0.25, 0.3) is 173 Å². The van der Waals surface area contributed by atoms with E-state index in [1.165, 1.54) is 0 Å². The lowest BCUT2D eigenvalue weighted by atomic mass is 9.33. The number of rotatable bonds is 18. The molecule has 6 nitrogen and oxygen atoms in total. The van der Waals surface area contributed by atoms with Gasteiger partial charge in [0.05, 0.1) is 40.6 Å². The van der Waals surface area contributed by atoms with Crippen molar-refractivity contribution in [3.63, 3.8) is 0 Å². The van der Waals surface area contributed by atoms with E-state index in [1.54, 1.807) is 0 Å². The van der Waals surface area contributed by atoms with E-state index in [0.29, 0.717) is 11.3 Å². The van der Waals surface area contributed by atoms with Gasteiger partial charge in [-0.3, -0.25) is 0 Å². The molecule has 634 valence electrons. The van der Waals surface area contributed by atoms with Gasteiger partial charge in [-0.05, 0) is 188 Å². The van der Waals surface area contributed by atoms with Crippen LogP contribution in [0, 0.1) is 17.9 Å². The molecule has 21 aromatic rings. The average molecular weight is 1720 g/mol. The summed E-state index contributed by atoms with van der Waals surface area (Å²) < 4.78 is 4.79. The maximum atomic E-state index is 12.3. The van der Waals surface area contributed by atoms with Gasteiger partial charge < -0.3 is 18.9 Å². The Balaban J connectivity index is 0.908. The SMILES string of the molecule is [C-]#[N+]c1c(-c2ccccc2)c(-c2ccccc2)n(-c2ccc3c(c2)N(c2c(-c4cccc(-c5ccccc5)c4)cccc2-c2cccc(-c4ccccc4)c2)c2cc(C(C)(C)C)cc4c2B3c2ccc(-n3c(-c5ccccc5)c(C#N)c(-c5ccccc5)c3-c3ccccc3)cc2N4c2c(-c3cccc(-c4ccccc4)c3)cccc2-c2cccc(-c3ccccc3)c2)c1-c1ccccc1. The van der Waals surface area contributed by atoms with Crippen molar-refractivity contribution in [1.29, 1.82) is 5.26 Å². The van der Waals surface area contributed by atoms with Crippen LogP contribution in [0.5, 0.6) is 0 Å². The molecule has 19 aromatic carbocycles. The Labute approximate surface area is 789 Å². The zero-order valence-electron chi connectivity index (χ0n) is 74.9. The second-order valence-electron chi connectivity index (χ2n) is 35.9. The van der Waals surface area contributed by atoms with Crippen LogP contribution in [-0.4, -0.2) is 15.8 Å². The fourth-order valence-electron chi connectivity index (χ4n) is 20.7. The quantitative estimate of drug-likeness (QED) is 0.0635. The summed E-state index contributed by atoms with van der Waals surface area (Å²) in [4.78, 5) is 10.0. The van der Waals surface area contributed by atoms with Gasteiger partial charge in [0.25, 0.3) is 6.71 Å². The molecule has 0 amide bonds. The van der Waals surface area contributed by atoms with Gasteiger partial charge in [-0.25, -0.2) is 4.85 Å². The zero-order chi connectivity index (χ0) is 90.6. The summed E-state index contributed by atoms with van der Waals surface area (Å²) in [5.74, 6) is 0. The maximum absolute atomic E-state index is 12.3. The van der Waals surface area contributed by atoms with Gasteiger partial charge in [0.2, 0.25) is 5.69 Å². The number of hydrogen-bond acceptors (Lipinski definition) is 3. The molecule has 7 heteroatoms. The number of nitriles is 1. The molecule has 0 radical (unpaired) electrons. The first-order valence-corrected chi connectivity index (χ1v) is 46.2. The minimum absolute atomic E-state index is 0.492. The van der Waals surface area contributed by atoms with Gasteiger partial charge in [0.15, 0.2) is 0 Å². The van der Waals surface area contributed by atoms with Crippen LogP contribution in [0.2, 0.25) is 0 Å². The number of anilines is 6. The van der Waals surface area contributed by atoms with Crippen LogP contribution in [-0.2, 0) is 5.41 Å². The van der Waals surface area contributed by atoms with Gasteiger partial charge in [0.1, 0.15) is 6.07 Å². The van der Waals surface area contributed by atoms with Crippen LogP contribution >= 0.6 is 0 Å². The largest absolute Gasteiger partial charge is 0.320 e. The third kappa shape index (κ3) is 14.7. The first-order chi connectivity index (χ1) is 66.6. The lowest BCUT2D eigenvalue weighted by molar-refractivity contribution is 0.590. The fourth-order valence-corrected chi connectivity index (χ4v) is 20.7. The van der Waals surface area contributed by atoms with Crippen molar-refractivity contribution in [2.24, 2.45) is 0 Å². The van der Waals surface area contributed by atoms with Gasteiger partial charge in [-0.1, -0.05) is 445 Å². The van der Waals surface area contributed by atoms with Crippen LogP contribution in [0.3, 0.4) is 0 Å². The van der Waals surface area contributed by atoms with Gasteiger partial charge >= 0.3 is 0 Å². The zero-order valence-corrected chi connectivity index (χ0v) is 74.9. The first-order valence-electron chi connectivity index (χ1n) is 46.2. The van der Waals surface area contributed by atoms with Crippen molar-refractivity contribution in [1.82, 2.24) is 9.13 Å². The predicted octanol–water partition coefficient (Wildman–Crippen LogP) is 32.4. The van der Waals surface area contributed by atoms with Gasteiger partial charge in [-0.15, -0.1) is 0 Å². The van der Waals surface area contributed by atoms with E-state index in [1.807, 2.05) is 0 Å². The first kappa shape index (κ1) is 81.8. The molecular formula is C128H89BN6. The minimum atomic E-state index is -0.512. The summed E-state index contributed by atoms with van der Waals surface area (Å²) in [5, 5.41) is 12.3. The third-order valence-corrected chi connectivity index (χ3v) is 26.9. The van der Waals surface area contributed by atoms with Crippen LogP contribution in [0.15, 0.2) is 485 Å². The molecule has 23 rings (SSSR count). The highest BCUT2D eigenvalue weighted by molar-refractivity contribution is 7.00. The maximum Gasteiger partial charge on any atom is 0.252 e. The molecule has 0 saturated carbocycles. The molecule has 2 aromatic heterocycles. The van der Waals surface area contributed by atoms with E-state index in [0.717, 1.165) is 224 Å². The van der Waals surface area contributed by atoms with E-state index >= 15 is 0 Å². The summed E-state index contributed by atoms with van der Waals surface area (Å²) in [7, 11) is 0. The molecule has 2 aliphatic rings. The highest BCUT2D eigenvalue weighted by atomic mass is 15.2. The number of fused-ring (bicyclic) bond motifs is 4. The molecule has 0 unspecified atom stereocenters. The molecule has 135 heavy (non-hydrogen) atoms. The molecule has 0 spiro atoms. The molecule has 0 N–H and O–H groups in total. The molecule has 0 fully saturated rings. The van der Waals surface area contributed by atoms with E-state index in [2.05, 4.69) is 531 Å². The molecular weight excluding hydrogens is 1630 g/mol. The predicted molar refractivity (Wildman–Crippen MR) is 565 cm³/mol. The number of aromatic nitrogens is 2. The van der Waals surface area contributed by atoms with Crippen LogP contribution in [0.4, 0.5) is 39.8 Å². The standard InChI is InChI=1S/C128H89BN6/c1-128(2,3)104-81-116-120-117(82-104)135(127-109(102-67-37-63-98(79-102)88-45-19-7-20-46-88)71-40-72-110(127)103-68-38-64-99(80-103)89-47-21-8-22-48-89)115-84-106(133-124(94-57-31-13-32-58-94)119(91-51-25-10-26-52-91)121(131-4)125(133)95-59-33-14-34-60-95)74-76-113(115)129(120)112-75-73-105(132-122(92-53-27-11-28-54-92)111(85-130)118(90-49-23-9-24-50-90)123(132)93-55-29-12-30-56-93)83-114(112)134(116)126-107(100-65-35-61-96(77-100)86-41-15-5-16-42-86)69-39-70-108(126)101-66-36-62-97(78-101)87-43-17-6-18-44-87/h5-84H,1-3H3. The third-order valence-electron chi connectivity index (χ3n) is 26.9. The van der Waals surface area contributed by atoms with E-state index in [-0.39, 0.29) is 0 Å². The highest BCUT2D eigenvalue weighted by Crippen LogP contribution is 2.58. The minimum Gasteiger partial charge on any atom is -0.320 e. The normalized spacial score (nSPS) is 11.9. The topological polar surface area (TPSA) is 44.5 Å². The Hall–Kier alpha value is -17.6. The van der Waals surface area contributed by atoms with Crippen LogP contribution in [0.1, 0.15) is 31.9 Å². The van der Waals surface area contributed by atoms with E-state index in [4.69, 9.17) is 4.85 Å². The fraction of sp³-hybridized carbons (Fsp3) is 0.0312. The number of nitrogens with zero attached hydrogens (tertiary/aromatic N) is 6. The second kappa shape index (κ2) is 34.7. The Kier molecular flexibility index (Phi) is 21.0. The molecule has 4 heterocycles.